The Bertz CT molecular complexity index is 632. The Kier molecular flexibility index (Phi) is 5.22. The number of aryl methyl sites for hydroxylation is 1. The molecular formula is C16H19BrN2O2. The number of halogens is 1. The first-order valence-corrected chi connectivity index (χ1v) is 7.34. The van der Waals surface area contributed by atoms with Crippen molar-refractivity contribution in [2.45, 2.75) is 13.0 Å². The van der Waals surface area contributed by atoms with Gasteiger partial charge in [0.15, 0.2) is 0 Å². The minimum absolute atomic E-state index is 0.204. The van der Waals surface area contributed by atoms with Crippen molar-refractivity contribution in [2.24, 2.45) is 5.84 Å². The molecule has 0 heterocycles. The average molecular weight is 351 g/mol. The van der Waals surface area contributed by atoms with Crippen molar-refractivity contribution >= 4 is 15.9 Å². The minimum Gasteiger partial charge on any atom is -0.497 e. The summed E-state index contributed by atoms with van der Waals surface area (Å²) in [7, 11) is 3.28. The van der Waals surface area contributed by atoms with Crippen molar-refractivity contribution in [3.8, 4) is 11.5 Å². The number of rotatable bonds is 5. The lowest BCUT2D eigenvalue weighted by molar-refractivity contribution is 0.394. The summed E-state index contributed by atoms with van der Waals surface area (Å²) in [6.07, 6.45) is 0. The zero-order valence-corrected chi connectivity index (χ0v) is 13.9. The van der Waals surface area contributed by atoms with E-state index in [0.29, 0.717) is 0 Å². The largest absolute Gasteiger partial charge is 0.497 e. The van der Waals surface area contributed by atoms with Crippen LogP contribution in [0.4, 0.5) is 0 Å². The number of nitrogens with two attached hydrogens (primary N) is 1. The Hall–Kier alpha value is -1.56. The van der Waals surface area contributed by atoms with Gasteiger partial charge in [0, 0.05) is 10.0 Å². The molecule has 3 N–H and O–H groups in total. The third-order valence-corrected chi connectivity index (χ3v) is 4.07. The van der Waals surface area contributed by atoms with Gasteiger partial charge < -0.3 is 9.47 Å². The summed E-state index contributed by atoms with van der Waals surface area (Å²) >= 11 is 3.60. The van der Waals surface area contributed by atoms with E-state index in [2.05, 4.69) is 33.5 Å². The highest BCUT2D eigenvalue weighted by molar-refractivity contribution is 9.10. The van der Waals surface area contributed by atoms with Gasteiger partial charge in [-0.2, -0.15) is 0 Å². The van der Waals surface area contributed by atoms with Crippen molar-refractivity contribution in [3.63, 3.8) is 0 Å². The van der Waals surface area contributed by atoms with Gasteiger partial charge in [-0.25, -0.2) is 5.43 Å². The molecule has 0 fully saturated rings. The Morgan fingerprint density at radius 1 is 1.05 bits per heavy atom. The predicted molar refractivity (Wildman–Crippen MR) is 87.6 cm³/mol. The standard InChI is InChI=1S/C16H19BrN2O2/c1-10-4-6-12(14(17)8-10)16(19-18)13-9-11(20-2)5-7-15(13)21-3/h4-9,16,19H,18H2,1-3H3. The first-order valence-electron chi connectivity index (χ1n) is 6.54. The van der Waals surface area contributed by atoms with Gasteiger partial charge in [0.25, 0.3) is 0 Å². The average Bonchev–Trinajstić information content (AvgIpc) is 2.49. The van der Waals surface area contributed by atoms with E-state index in [9.17, 15) is 0 Å². The van der Waals surface area contributed by atoms with Crippen LogP contribution in [0.5, 0.6) is 11.5 Å². The van der Waals surface area contributed by atoms with E-state index in [1.807, 2.05) is 31.2 Å². The molecule has 2 aromatic carbocycles. The number of hydrogen-bond acceptors (Lipinski definition) is 4. The van der Waals surface area contributed by atoms with Crippen molar-refractivity contribution in [2.75, 3.05) is 14.2 Å². The molecule has 0 spiro atoms. The molecule has 0 bridgehead atoms. The van der Waals surface area contributed by atoms with Crippen LogP contribution in [-0.2, 0) is 0 Å². The first kappa shape index (κ1) is 15.8. The van der Waals surface area contributed by atoms with E-state index < -0.39 is 0 Å². The van der Waals surface area contributed by atoms with Gasteiger partial charge >= 0.3 is 0 Å². The van der Waals surface area contributed by atoms with Crippen LogP contribution in [0.3, 0.4) is 0 Å². The van der Waals surface area contributed by atoms with Crippen LogP contribution in [0, 0.1) is 6.92 Å². The zero-order chi connectivity index (χ0) is 15.4. The predicted octanol–water partition coefficient (Wildman–Crippen LogP) is 3.33. The quantitative estimate of drug-likeness (QED) is 0.641. The number of methoxy groups -OCH3 is 2. The summed E-state index contributed by atoms with van der Waals surface area (Å²) in [4.78, 5) is 0. The van der Waals surface area contributed by atoms with Gasteiger partial charge in [0.05, 0.1) is 20.3 Å². The van der Waals surface area contributed by atoms with Gasteiger partial charge in [0.1, 0.15) is 11.5 Å². The molecule has 2 rings (SSSR count). The molecule has 112 valence electrons. The Balaban J connectivity index is 2.54. The lowest BCUT2D eigenvalue weighted by Gasteiger charge is -2.21. The lowest BCUT2D eigenvalue weighted by Crippen LogP contribution is -2.29. The molecule has 0 aliphatic rings. The second-order valence-corrected chi connectivity index (χ2v) is 5.59. The van der Waals surface area contributed by atoms with Crippen molar-refractivity contribution in [1.29, 1.82) is 0 Å². The smallest absolute Gasteiger partial charge is 0.124 e. The van der Waals surface area contributed by atoms with Crippen LogP contribution in [0.2, 0.25) is 0 Å². The maximum atomic E-state index is 5.79. The molecule has 0 saturated carbocycles. The Morgan fingerprint density at radius 2 is 1.81 bits per heavy atom. The SMILES string of the molecule is COc1ccc(OC)c(C(NN)c2ccc(C)cc2Br)c1. The number of benzene rings is 2. The molecule has 0 aliphatic carbocycles. The molecule has 5 heteroatoms. The van der Waals surface area contributed by atoms with Gasteiger partial charge in [-0.3, -0.25) is 5.84 Å². The minimum atomic E-state index is -0.204. The molecule has 0 aliphatic heterocycles. The van der Waals surface area contributed by atoms with Crippen molar-refractivity contribution < 1.29 is 9.47 Å². The van der Waals surface area contributed by atoms with E-state index in [1.165, 1.54) is 5.56 Å². The monoisotopic (exact) mass is 350 g/mol. The molecule has 0 radical (unpaired) electrons. The van der Waals surface area contributed by atoms with Crippen LogP contribution in [-0.4, -0.2) is 14.2 Å². The van der Waals surface area contributed by atoms with Crippen LogP contribution in [0.15, 0.2) is 40.9 Å². The number of nitrogens with one attached hydrogen (secondary N) is 1. The summed E-state index contributed by atoms with van der Waals surface area (Å²) in [6.45, 7) is 2.05. The number of ether oxygens (including phenoxy) is 2. The molecular weight excluding hydrogens is 332 g/mol. The Labute approximate surface area is 133 Å². The molecule has 0 aromatic heterocycles. The van der Waals surface area contributed by atoms with Crippen molar-refractivity contribution in [3.05, 3.63) is 57.6 Å². The molecule has 21 heavy (non-hydrogen) atoms. The normalized spacial score (nSPS) is 12.0. The van der Waals surface area contributed by atoms with Crippen LogP contribution >= 0.6 is 15.9 Å². The van der Waals surface area contributed by atoms with E-state index in [-0.39, 0.29) is 6.04 Å². The maximum absolute atomic E-state index is 5.79. The maximum Gasteiger partial charge on any atom is 0.124 e. The highest BCUT2D eigenvalue weighted by atomic mass is 79.9. The highest BCUT2D eigenvalue weighted by Gasteiger charge is 2.20. The molecule has 0 amide bonds. The third-order valence-electron chi connectivity index (χ3n) is 3.38. The van der Waals surface area contributed by atoms with E-state index >= 15 is 0 Å². The van der Waals surface area contributed by atoms with Crippen LogP contribution in [0.1, 0.15) is 22.7 Å². The second-order valence-electron chi connectivity index (χ2n) is 4.73. The van der Waals surface area contributed by atoms with E-state index in [1.54, 1.807) is 14.2 Å². The second kappa shape index (κ2) is 6.93. The number of hydrazine groups is 1. The van der Waals surface area contributed by atoms with Gasteiger partial charge in [-0.1, -0.05) is 28.1 Å². The fourth-order valence-electron chi connectivity index (χ4n) is 2.28. The summed E-state index contributed by atoms with van der Waals surface area (Å²) < 4.78 is 11.7. The van der Waals surface area contributed by atoms with Crippen molar-refractivity contribution in [1.82, 2.24) is 5.43 Å². The lowest BCUT2D eigenvalue weighted by atomic mass is 9.97. The summed E-state index contributed by atoms with van der Waals surface area (Å²) in [5.74, 6) is 7.31. The fraction of sp³-hybridized carbons (Fsp3) is 0.250. The van der Waals surface area contributed by atoms with Crippen LogP contribution < -0.4 is 20.7 Å². The molecule has 4 nitrogen and oxygen atoms in total. The zero-order valence-electron chi connectivity index (χ0n) is 12.3. The van der Waals surface area contributed by atoms with E-state index in [4.69, 9.17) is 15.3 Å². The fourth-order valence-corrected chi connectivity index (χ4v) is 3.00. The van der Waals surface area contributed by atoms with E-state index in [0.717, 1.165) is 27.1 Å². The summed E-state index contributed by atoms with van der Waals surface area (Å²) in [6, 6.07) is 11.6. The van der Waals surface area contributed by atoms with Gasteiger partial charge in [0.2, 0.25) is 0 Å². The topological polar surface area (TPSA) is 56.5 Å². The molecule has 2 aromatic rings. The Morgan fingerprint density at radius 3 is 2.38 bits per heavy atom. The summed E-state index contributed by atoms with van der Waals surface area (Å²) in [5, 5.41) is 0. The highest BCUT2D eigenvalue weighted by Crippen LogP contribution is 2.35. The van der Waals surface area contributed by atoms with Gasteiger partial charge in [-0.15, -0.1) is 0 Å². The number of hydrogen-bond donors (Lipinski definition) is 2. The first-order chi connectivity index (χ1) is 10.1. The molecule has 1 atom stereocenters. The summed E-state index contributed by atoms with van der Waals surface area (Å²) in [5.41, 5.74) is 5.99. The molecule has 1 unspecified atom stereocenters. The van der Waals surface area contributed by atoms with Crippen LogP contribution in [0.25, 0.3) is 0 Å². The van der Waals surface area contributed by atoms with Gasteiger partial charge in [-0.05, 0) is 42.3 Å². The molecule has 0 saturated heterocycles. The third kappa shape index (κ3) is 3.37.